The summed E-state index contributed by atoms with van der Waals surface area (Å²) in [5.41, 5.74) is 2.29. The van der Waals surface area contributed by atoms with Crippen LogP contribution in [-0.4, -0.2) is 52.1 Å². The molecule has 0 spiro atoms. The molecule has 2 aliphatic carbocycles. The minimum absolute atomic E-state index is 0.0243. The molecule has 0 bridgehead atoms. The highest BCUT2D eigenvalue weighted by atomic mass is 32.2. The van der Waals surface area contributed by atoms with Crippen molar-refractivity contribution >= 4 is 16.2 Å². The molecule has 0 aliphatic heterocycles. The minimum atomic E-state index is -3.65. The predicted molar refractivity (Wildman–Crippen MR) is 129 cm³/mol. The standard InChI is InChI=1S/C23H34N6O5S/c1-15-21(34-18-9-5-8-17(12-18)23(30)31)11-10-19(26-15)22-20(29(2)28-27-22)14-25-35(32,33)24-13-16-6-3-4-7-16/h10-11,16-18,24-25H,3-9,12-14H2,1-2H3,(H,30,31)/t17-,18-/m0/s1. The van der Waals surface area contributed by atoms with Gasteiger partial charge in [-0.1, -0.05) is 18.1 Å². The Morgan fingerprint density at radius 2 is 1.94 bits per heavy atom. The lowest BCUT2D eigenvalue weighted by atomic mass is 9.87. The van der Waals surface area contributed by atoms with Gasteiger partial charge in [-0.15, -0.1) is 5.10 Å². The molecule has 0 unspecified atom stereocenters. The number of hydrogen-bond acceptors (Lipinski definition) is 7. The van der Waals surface area contributed by atoms with E-state index < -0.39 is 16.2 Å². The molecule has 2 aromatic rings. The Morgan fingerprint density at radius 3 is 2.66 bits per heavy atom. The number of ether oxygens (including phenoxy) is 1. The third kappa shape index (κ3) is 6.56. The van der Waals surface area contributed by atoms with E-state index in [-0.39, 0.29) is 18.6 Å². The molecule has 3 N–H and O–H groups in total. The SMILES string of the molecule is Cc1nc(-c2nnn(C)c2CNS(=O)(=O)NCC2CCCC2)ccc1O[C@H]1CCC[C@H](C(=O)O)C1. The molecule has 0 aromatic carbocycles. The third-order valence-electron chi connectivity index (χ3n) is 6.96. The van der Waals surface area contributed by atoms with E-state index in [2.05, 4.69) is 24.7 Å². The van der Waals surface area contributed by atoms with E-state index in [1.165, 1.54) is 4.68 Å². The number of carbonyl (C=O) groups is 1. The zero-order chi connectivity index (χ0) is 25.0. The van der Waals surface area contributed by atoms with Crippen molar-refractivity contribution in [2.75, 3.05) is 6.54 Å². The second kappa shape index (κ2) is 11.0. The highest BCUT2D eigenvalue weighted by Crippen LogP contribution is 2.30. The van der Waals surface area contributed by atoms with Crippen molar-refractivity contribution < 1.29 is 23.1 Å². The summed E-state index contributed by atoms with van der Waals surface area (Å²) in [6.45, 7) is 2.29. The van der Waals surface area contributed by atoms with E-state index in [9.17, 15) is 18.3 Å². The molecule has 12 heteroatoms. The molecular weight excluding hydrogens is 472 g/mol. The van der Waals surface area contributed by atoms with E-state index in [1.54, 1.807) is 19.2 Å². The molecule has 11 nitrogen and oxygen atoms in total. The van der Waals surface area contributed by atoms with Crippen molar-refractivity contribution in [2.45, 2.75) is 70.9 Å². The van der Waals surface area contributed by atoms with Gasteiger partial charge in [0.05, 0.1) is 35.6 Å². The lowest BCUT2D eigenvalue weighted by molar-refractivity contribution is -0.143. The van der Waals surface area contributed by atoms with Gasteiger partial charge in [-0.3, -0.25) is 9.48 Å². The van der Waals surface area contributed by atoms with Gasteiger partial charge in [0.15, 0.2) is 0 Å². The molecule has 2 aliphatic rings. The van der Waals surface area contributed by atoms with Crippen LogP contribution in [-0.2, 0) is 28.6 Å². The van der Waals surface area contributed by atoms with Crippen LogP contribution < -0.4 is 14.2 Å². The summed E-state index contributed by atoms with van der Waals surface area (Å²) >= 11 is 0. The lowest BCUT2D eigenvalue weighted by Crippen LogP contribution is -2.38. The highest BCUT2D eigenvalue weighted by Gasteiger charge is 2.28. The first-order valence-electron chi connectivity index (χ1n) is 12.2. The number of hydrogen-bond donors (Lipinski definition) is 3. The van der Waals surface area contributed by atoms with Gasteiger partial charge in [-0.2, -0.15) is 13.1 Å². The lowest BCUT2D eigenvalue weighted by Gasteiger charge is -2.27. The Kier molecular flexibility index (Phi) is 8.02. The Bertz CT molecular complexity index is 1150. The van der Waals surface area contributed by atoms with Gasteiger partial charge in [0, 0.05) is 13.6 Å². The average Bonchev–Trinajstić information content (AvgIpc) is 3.48. The Labute approximate surface area is 205 Å². The predicted octanol–water partition coefficient (Wildman–Crippen LogP) is 2.32. The molecule has 2 saturated carbocycles. The van der Waals surface area contributed by atoms with Crippen LogP contribution in [0.25, 0.3) is 11.4 Å². The van der Waals surface area contributed by atoms with Gasteiger partial charge in [0.1, 0.15) is 11.4 Å². The molecule has 35 heavy (non-hydrogen) atoms. The first-order chi connectivity index (χ1) is 16.7. The highest BCUT2D eigenvalue weighted by molar-refractivity contribution is 7.87. The summed E-state index contributed by atoms with van der Waals surface area (Å²) in [4.78, 5) is 16.0. The van der Waals surface area contributed by atoms with Crippen molar-refractivity contribution in [3.8, 4) is 17.1 Å². The molecule has 0 radical (unpaired) electrons. The topological polar surface area (TPSA) is 148 Å². The number of rotatable bonds is 10. The van der Waals surface area contributed by atoms with Crippen LogP contribution >= 0.6 is 0 Å². The summed E-state index contributed by atoms with van der Waals surface area (Å²) in [6.07, 6.45) is 7.07. The van der Waals surface area contributed by atoms with Crippen LogP contribution in [0.1, 0.15) is 62.8 Å². The van der Waals surface area contributed by atoms with Gasteiger partial charge in [0.2, 0.25) is 0 Å². The first kappa shape index (κ1) is 25.5. The fourth-order valence-electron chi connectivity index (χ4n) is 4.89. The number of aliphatic carboxylic acids is 1. The molecule has 2 heterocycles. The largest absolute Gasteiger partial charge is 0.489 e. The number of aryl methyl sites for hydroxylation is 2. The summed E-state index contributed by atoms with van der Waals surface area (Å²) in [5.74, 6) is -0.146. The maximum absolute atomic E-state index is 12.5. The normalized spacial score (nSPS) is 21.3. The second-order valence-corrected chi connectivity index (χ2v) is 11.1. The van der Waals surface area contributed by atoms with Crippen LogP contribution in [0.4, 0.5) is 0 Å². The van der Waals surface area contributed by atoms with E-state index in [0.717, 1.165) is 38.5 Å². The summed E-state index contributed by atoms with van der Waals surface area (Å²) in [5, 5.41) is 17.6. The Balaban J connectivity index is 1.41. The molecule has 0 amide bonds. The molecule has 2 aromatic heterocycles. The van der Waals surface area contributed by atoms with Gasteiger partial charge in [-0.25, -0.2) is 9.71 Å². The van der Waals surface area contributed by atoms with Gasteiger partial charge < -0.3 is 9.84 Å². The number of nitrogens with zero attached hydrogens (tertiary/aromatic N) is 4. The number of carboxylic acid groups (broad SMARTS) is 1. The second-order valence-electron chi connectivity index (χ2n) is 9.55. The summed E-state index contributed by atoms with van der Waals surface area (Å²) < 4.78 is 37.8. The van der Waals surface area contributed by atoms with Crippen molar-refractivity contribution in [1.29, 1.82) is 0 Å². The van der Waals surface area contributed by atoms with Gasteiger partial charge >= 0.3 is 5.97 Å². The van der Waals surface area contributed by atoms with Gasteiger partial charge in [0.25, 0.3) is 10.2 Å². The molecular formula is C23H34N6O5S. The van der Waals surface area contributed by atoms with Crippen molar-refractivity contribution in [2.24, 2.45) is 18.9 Å². The van der Waals surface area contributed by atoms with E-state index in [1.807, 2.05) is 6.92 Å². The van der Waals surface area contributed by atoms with Crippen LogP contribution in [0.5, 0.6) is 5.75 Å². The number of pyridine rings is 1. The molecule has 192 valence electrons. The van der Waals surface area contributed by atoms with Crippen molar-refractivity contribution in [3.05, 3.63) is 23.5 Å². The fourth-order valence-corrected chi connectivity index (χ4v) is 5.77. The molecule has 2 atom stereocenters. The van der Waals surface area contributed by atoms with Crippen molar-refractivity contribution in [3.63, 3.8) is 0 Å². The smallest absolute Gasteiger partial charge is 0.306 e. The average molecular weight is 507 g/mol. The van der Waals surface area contributed by atoms with Crippen LogP contribution in [0.3, 0.4) is 0 Å². The maximum Gasteiger partial charge on any atom is 0.306 e. The number of carboxylic acids is 1. The Hall–Kier alpha value is -2.57. The fraction of sp³-hybridized carbons (Fsp3) is 0.652. The van der Waals surface area contributed by atoms with E-state index in [4.69, 9.17) is 4.74 Å². The van der Waals surface area contributed by atoms with Crippen LogP contribution in [0.15, 0.2) is 12.1 Å². The summed E-state index contributed by atoms with van der Waals surface area (Å²) in [7, 11) is -1.95. The third-order valence-corrected chi connectivity index (χ3v) is 8.03. The summed E-state index contributed by atoms with van der Waals surface area (Å²) in [6, 6.07) is 3.56. The van der Waals surface area contributed by atoms with E-state index in [0.29, 0.717) is 53.8 Å². The first-order valence-corrected chi connectivity index (χ1v) is 13.7. The zero-order valence-corrected chi connectivity index (χ0v) is 21.1. The molecule has 2 fully saturated rings. The molecule has 0 saturated heterocycles. The quantitative estimate of drug-likeness (QED) is 0.445. The zero-order valence-electron chi connectivity index (χ0n) is 20.2. The number of aromatic nitrogens is 4. The minimum Gasteiger partial charge on any atom is -0.489 e. The van der Waals surface area contributed by atoms with Crippen LogP contribution in [0, 0.1) is 18.8 Å². The van der Waals surface area contributed by atoms with Gasteiger partial charge in [-0.05, 0) is 63.5 Å². The monoisotopic (exact) mass is 506 g/mol. The van der Waals surface area contributed by atoms with Crippen LogP contribution in [0.2, 0.25) is 0 Å². The van der Waals surface area contributed by atoms with E-state index >= 15 is 0 Å². The number of nitrogens with one attached hydrogen (secondary N) is 2. The van der Waals surface area contributed by atoms with Crippen molar-refractivity contribution in [1.82, 2.24) is 29.4 Å². The molecule has 4 rings (SSSR count). The maximum atomic E-state index is 12.5. The Morgan fingerprint density at radius 1 is 1.17 bits per heavy atom.